The van der Waals surface area contributed by atoms with Crippen molar-refractivity contribution < 1.29 is 9.72 Å². The summed E-state index contributed by atoms with van der Waals surface area (Å²) in [4.78, 5) is 32.9. The fourth-order valence-electron chi connectivity index (χ4n) is 1.33. The molecule has 21 heavy (non-hydrogen) atoms. The highest BCUT2D eigenvalue weighted by atomic mass is 35.5. The second-order valence-corrected chi connectivity index (χ2v) is 4.67. The van der Waals surface area contributed by atoms with Crippen LogP contribution in [0.25, 0.3) is 0 Å². The zero-order valence-electron chi connectivity index (χ0n) is 9.88. The van der Waals surface area contributed by atoms with E-state index < -0.39 is 10.8 Å². The van der Waals surface area contributed by atoms with Crippen LogP contribution in [0.2, 0.25) is 15.6 Å². The van der Waals surface area contributed by atoms with Gasteiger partial charge in [0.1, 0.15) is 22.3 Å². The highest BCUT2D eigenvalue weighted by Crippen LogP contribution is 2.21. The maximum absolute atomic E-state index is 12.0. The fraction of sp³-hybridized carbons (Fsp3) is 0. The Morgan fingerprint density at radius 2 is 1.95 bits per heavy atom. The summed E-state index contributed by atoms with van der Waals surface area (Å²) in [5, 5.41) is 12.7. The van der Waals surface area contributed by atoms with E-state index in [0.717, 1.165) is 12.3 Å². The van der Waals surface area contributed by atoms with E-state index in [9.17, 15) is 14.9 Å². The van der Waals surface area contributed by atoms with Crippen molar-refractivity contribution in [2.45, 2.75) is 0 Å². The molecule has 0 aromatic carbocycles. The number of carbonyl (C=O) groups excluding carboxylic acids is 1. The molecule has 0 radical (unpaired) electrons. The molecule has 11 heteroatoms. The first-order valence-corrected chi connectivity index (χ1v) is 6.31. The van der Waals surface area contributed by atoms with Crippen LogP contribution in [0, 0.1) is 10.1 Å². The van der Waals surface area contributed by atoms with E-state index in [1.807, 2.05) is 0 Å². The van der Waals surface area contributed by atoms with Gasteiger partial charge in [-0.2, -0.15) is 0 Å². The number of amides is 1. The predicted octanol–water partition coefficient (Wildman–Crippen LogP) is 2.99. The number of hydrogen-bond acceptors (Lipinski definition) is 6. The zero-order chi connectivity index (χ0) is 15.6. The van der Waals surface area contributed by atoms with Gasteiger partial charge in [-0.15, -0.1) is 0 Å². The van der Waals surface area contributed by atoms with Crippen LogP contribution in [0.4, 0.5) is 11.5 Å². The zero-order valence-corrected chi connectivity index (χ0v) is 12.1. The Hall–Kier alpha value is -2.03. The number of nitrogens with zero attached hydrogens (tertiary/aromatic N) is 4. The van der Waals surface area contributed by atoms with Crippen molar-refractivity contribution >= 4 is 52.2 Å². The SMILES string of the molecule is O=C(Nc1cc(Cl)nc(Cl)n1)c1cc([N+](=O)[O-])cnc1Cl. The van der Waals surface area contributed by atoms with Gasteiger partial charge in [-0.25, -0.2) is 15.0 Å². The molecule has 1 N–H and O–H groups in total. The lowest BCUT2D eigenvalue weighted by Gasteiger charge is -2.06. The van der Waals surface area contributed by atoms with Crippen molar-refractivity contribution in [2.24, 2.45) is 0 Å². The lowest BCUT2D eigenvalue weighted by atomic mass is 10.2. The number of nitro groups is 1. The summed E-state index contributed by atoms with van der Waals surface area (Å²) in [5.41, 5.74) is -0.556. The van der Waals surface area contributed by atoms with Crippen LogP contribution in [0.15, 0.2) is 18.3 Å². The highest BCUT2D eigenvalue weighted by molar-refractivity contribution is 6.33. The number of anilines is 1. The van der Waals surface area contributed by atoms with Crippen LogP contribution >= 0.6 is 34.8 Å². The second-order valence-electron chi connectivity index (χ2n) is 3.59. The smallest absolute Gasteiger partial charge is 0.288 e. The van der Waals surface area contributed by atoms with Crippen LogP contribution in [0.3, 0.4) is 0 Å². The molecule has 0 saturated heterocycles. The fourth-order valence-corrected chi connectivity index (χ4v) is 1.93. The predicted molar refractivity (Wildman–Crippen MR) is 75.9 cm³/mol. The maximum Gasteiger partial charge on any atom is 0.288 e. The van der Waals surface area contributed by atoms with Crippen molar-refractivity contribution in [1.29, 1.82) is 0 Å². The van der Waals surface area contributed by atoms with E-state index in [0.29, 0.717) is 0 Å². The van der Waals surface area contributed by atoms with Crippen molar-refractivity contribution in [3.63, 3.8) is 0 Å². The number of carbonyl (C=O) groups is 1. The molecular weight excluding hydrogens is 345 g/mol. The number of rotatable bonds is 3. The van der Waals surface area contributed by atoms with Crippen molar-refractivity contribution in [3.8, 4) is 0 Å². The minimum atomic E-state index is -0.748. The molecule has 0 aliphatic carbocycles. The Morgan fingerprint density at radius 1 is 1.24 bits per heavy atom. The first-order valence-electron chi connectivity index (χ1n) is 5.18. The van der Waals surface area contributed by atoms with Crippen molar-refractivity contribution in [2.75, 3.05) is 5.32 Å². The van der Waals surface area contributed by atoms with Crippen molar-refractivity contribution in [3.05, 3.63) is 49.6 Å². The summed E-state index contributed by atoms with van der Waals surface area (Å²) >= 11 is 17.0. The third-order valence-corrected chi connectivity index (χ3v) is 2.85. The monoisotopic (exact) mass is 347 g/mol. The number of aromatic nitrogens is 3. The summed E-state index contributed by atoms with van der Waals surface area (Å²) in [6.45, 7) is 0. The minimum Gasteiger partial charge on any atom is -0.306 e. The van der Waals surface area contributed by atoms with Gasteiger partial charge in [0.05, 0.1) is 10.5 Å². The molecule has 1 amide bonds. The van der Waals surface area contributed by atoms with Crippen LogP contribution in [-0.4, -0.2) is 25.8 Å². The molecule has 2 aromatic heterocycles. The van der Waals surface area contributed by atoms with Gasteiger partial charge in [-0.3, -0.25) is 14.9 Å². The topological polar surface area (TPSA) is 111 Å². The molecule has 0 bridgehead atoms. The molecule has 2 rings (SSSR count). The van der Waals surface area contributed by atoms with E-state index in [1.54, 1.807) is 0 Å². The summed E-state index contributed by atoms with van der Waals surface area (Å²) in [6.07, 6.45) is 0.942. The summed E-state index contributed by atoms with van der Waals surface area (Å²) in [6, 6.07) is 2.25. The summed E-state index contributed by atoms with van der Waals surface area (Å²) in [5.74, 6) is -0.727. The Kier molecular flexibility index (Phi) is 4.51. The number of halogens is 3. The Balaban J connectivity index is 2.31. The Bertz CT molecular complexity index is 720. The van der Waals surface area contributed by atoms with Crippen molar-refractivity contribution in [1.82, 2.24) is 15.0 Å². The normalized spacial score (nSPS) is 10.2. The van der Waals surface area contributed by atoms with Gasteiger partial charge in [-0.05, 0) is 11.6 Å². The molecule has 8 nitrogen and oxygen atoms in total. The van der Waals surface area contributed by atoms with Gasteiger partial charge in [0.25, 0.3) is 11.6 Å². The minimum absolute atomic E-state index is 0.0209. The molecule has 2 heterocycles. The first-order chi connectivity index (χ1) is 9.86. The Labute approximate surface area is 132 Å². The standard InChI is InChI=1S/C10H4Cl3N5O3/c11-6-2-7(17-10(13)15-6)16-9(19)5-1-4(18(20)21)3-14-8(5)12/h1-3H,(H,15,16,17,19). The Morgan fingerprint density at radius 3 is 2.57 bits per heavy atom. The molecule has 0 unspecified atom stereocenters. The number of pyridine rings is 1. The largest absolute Gasteiger partial charge is 0.306 e. The van der Waals surface area contributed by atoms with Gasteiger partial charge in [0.2, 0.25) is 5.28 Å². The third-order valence-electron chi connectivity index (χ3n) is 2.19. The van der Waals surface area contributed by atoms with Crippen LogP contribution in [0.5, 0.6) is 0 Å². The molecule has 0 aliphatic rings. The van der Waals surface area contributed by atoms with E-state index in [2.05, 4.69) is 20.3 Å². The van der Waals surface area contributed by atoms with Gasteiger partial charge < -0.3 is 5.32 Å². The van der Waals surface area contributed by atoms with Gasteiger partial charge >= 0.3 is 0 Å². The van der Waals surface area contributed by atoms with E-state index >= 15 is 0 Å². The molecule has 0 spiro atoms. The van der Waals surface area contributed by atoms with Crippen LogP contribution < -0.4 is 5.32 Å². The summed E-state index contributed by atoms with van der Waals surface area (Å²) < 4.78 is 0. The molecular formula is C10H4Cl3N5O3. The third kappa shape index (κ3) is 3.75. The van der Waals surface area contributed by atoms with Crippen LogP contribution in [0.1, 0.15) is 10.4 Å². The van der Waals surface area contributed by atoms with E-state index in [1.165, 1.54) is 6.07 Å². The maximum atomic E-state index is 12.0. The molecule has 0 fully saturated rings. The second kappa shape index (κ2) is 6.17. The molecule has 108 valence electrons. The highest BCUT2D eigenvalue weighted by Gasteiger charge is 2.18. The quantitative estimate of drug-likeness (QED) is 0.300. The van der Waals surface area contributed by atoms with E-state index in [-0.39, 0.29) is 32.7 Å². The first kappa shape index (κ1) is 15.4. The average Bonchev–Trinajstić information content (AvgIpc) is 2.37. The van der Waals surface area contributed by atoms with Gasteiger partial charge in [0, 0.05) is 12.1 Å². The molecule has 0 saturated carbocycles. The molecule has 2 aromatic rings. The van der Waals surface area contributed by atoms with E-state index in [4.69, 9.17) is 34.8 Å². The lowest BCUT2D eigenvalue weighted by Crippen LogP contribution is -2.14. The summed E-state index contributed by atoms with van der Waals surface area (Å²) in [7, 11) is 0. The lowest BCUT2D eigenvalue weighted by molar-refractivity contribution is -0.385. The van der Waals surface area contributed by atoms with Gasteiger partial charge in [0.15, 0.2) is 0 Å². The average molecular weight is 349 g/mol. The number of nitrogens with one attached hydrogen (secondary N) is 1. The van der Waals surface area contributed by atoms with Gasteiger partial charge in [-0.1, -0.05) is 23.2 Å². The number of hydrogen-bond donors (Lipinski definition) is 1. The molecule has 0 atom stereocenters. The molecule has 0 aliphatic heterocycles. The van der Waals surface area contributed by atoms with Crippen LogP contribution in [-0.2, 0) is 0 Å².